The molecule has 0 aliphatic carbocycles. The SMILES string of the molecule is CC(C)Oc1ccc(F)cc1NC(=O)CC(C)C1CCNCC1.Cl. The van der Waals surface area contributed by atoms with Gasteiger partial charge in [-0.05, 0) is 63.7 Å². The lowest BCUT2D eigenvalue weighted by Gasteiger charge is -2.28. The molecule has 1 amide bonds. The summed E-state index contributed by atoms with van der Waals surface area (Å²) in [7, 11) is 0. The molecule has 4 nitrogen and oxygen atoms in total. The predicted octanol–water partition coefficient (Wildman–Crippen LogP) is 4.00. The Morgan fingerprint density at radius 1 is 1.33 bits per heavy atom. The van der Waals surface area contributed by atoms with Gasteiger partial charge in [0.25, 0.3) is 0 Å². The molecule has 6 heteroatoms. The summed E-state index contributed by atoms with van der Waals surface area (Å²) in [4.78, 5) is 12.3. The Morgan fingerprint density at radius 2 is 2.00 bits per heavy atom. The highest BCUT2D eigenvalue weighted by Gasteiger charge is 2.22. The monoisotopic (exact) mass is 358 g/mol. The Kier molecular flexibility index (Phi) is 8.50. The van der Waals surface area contributed by atoms with Crippen LogP contribution in [0.5, 0.6) is 5.75 Å². The fourth-order valence-corrected chi connectivity index (χ4v) is 3.03. The van der Waals surface area contributed by atoms with Crippen molar-refractivity contribution in [2.45, 2.75) is 46.1 Å². The second-order valence-corrected chi connectivity index (χ2v) is 6.62. The lowest BCUT2D eigenvalue weighted by molar-refractivity contribution is -0.117. The van der Waals surface area contributed by atoms with Crippen molar-refractivity contribution in [3.05, 3.63) is 24.0 Å². The van der Waals surface area contributed by atoms with E-state index in [1.54, 1.807) is 6.07 Å². The van der Waals surface area contributed by atoms with E-state index in [-0.39, 0.29) is 30.2 Å². The summed E-state index contributed by atoms with van der Waals surface area (Å²) >= 11 is 0. The van der Waals surface area contributed by atoms with Crippen LogP contribution in [0.4, 0.5) is 10.1 Å². The highest BCUT2D eigenvalue weighted by molar-refractivity contribution is 5.92. The lowest BCUT2D eigenvalue weighted by Crippen LogP contribution is -2.32. The molecular weight excluding hydrogens is 331 g/mol. The molecule has 0 bridgehead atoms. The molecule has 1 aliphatic heterocycles. The van der Waals surface area contributed by atoms with Crippen LogP contribution in [-0.4, -0.2) is 25.1 Å². The summed E-state index contributed by atoms with van der Waals surface area (Å²) in [5.74, 6) is 0.920. The second kappa shape index (κ2) is 9.84. The molecule has 1 heterocycles. The van der Waals surface area contributed by atoms with Crippen LogP contribution in [-0.2, 0) is 4.79 Å². The molecule has 1 fully saturated rings. The molecule has 1 saturated heterocycles. The molecule has 1 aromatic carbocycles. The molecular formula is C18H28ClFN2O2. The molecule has 1 atom stereocenters. The number of halogens is 2. The maximum absolute atomic E-state index is 13.5. The number of hydrogen-bond acceptors (Lipinski definition) is 3. The van der Waals surface area contributed by atoms with E-state index in [0.717, 1.165) is 25.9 Å². The molecule has 0 aromatic heterocycles. The third-order valence-electron chi connectivity index (χ3n) is 4.27. The molecule has 1 aromatic rings. The Morgan fingerprint density at radius 3 is 2.62 bits per heavy atom. The predicted molar refractivity (Wildman–Crippen MR) is 97.4 cm³/mol. The zero-order valence-electron chi connectivity index (χ0n) is 14.6. The highest BCUT2D eigenvalue weighted by atomic mass is 35.5. The fourth-order valence-electron chi connectivity index (χ4n) is 3.03. The molecule has 1 aliphatic rings. The first-order valence-electron chi connectivity index (χ1n) is 8.42. The second-order valence-electron chi connectivity index (χ2n) is 6.62. The number of nitrogens with one attached hydrogen (secondary N) is 2. The Hall–Kier alpha value is -1.33. The molecule has 0 radical (unpaired) electrons. The quantitative estimate of drug-likeness (QED) is 0.808. The van der Waals surface area contributed by atoms with Gasteiger partial charge in [0.15, 0.2) is 0 Å². The summed E-state index contributed by atoms with van der Waals surface area (Å²) in [5.41, 5.74) is 0.404. The van der Waals surface area contributed by atoms with Gasteiger partial charge in [-0.1, -0.05) is 6.92 Å². The topological polar surface area (TPSA) is 50.4 Å². The van der Waals surface area contributed by atoms with Crippen molar-refractivity contribution in [1.29, 1.82) is 0 Å². The summed E-state index contributed by atoms with van der Waals surface area (Å²) in [6, 6.07) is 4.21. The zero-order valence-corrected chi connectivity index (χ0v) is 15.4. The number of carbonyl (C=O) groups excluding carboxylic acids is 1. The summed E-state index contributed by atoms with van der Waals surface area (Å²) < 4.78 is 19.1. The molecule has 2 rings (SSSR count). The first-order valence-corrected chi connectivity index (χ1v) is 8.42. The van der Waals surface area contributed by atoms with Crippen LogP contribution in [0.25, 0.3) is 0 Å². The van der Waals surface area contributed by atoms with Gasteiger partial charge in [-0.25, -0.2) is 4.39 Å². The summed E-state index contributed by atoms with van der Waals surface area (Å²) in [6.45, 7) is 7.95. The smallest absolute Gasteiger partial charge is 0.224 e. The van der Waals surface area contributed by atoms with Gasteiger partial charge in [-0.2, -0.15) is 0 Å². The third-order valence-corrected chi connectivity index (χ3v) is 4.27. The number of ether oxygens (including phenoxy) is 1. The minimum Gasteiger partial charge on any atom is -0.489 e. The van der Waals surface area contributed by atoms with E-state index < -0.39 is 0 Å². The maximum atomic E-state index is 13.5. The number of benzene rings is 1. The molecule has 24 heavy (non-hydrogen) atoms. The number of piperidine rings is 1. The summed E-state index contributed by atoms with van der Waals surface area (Å²) in [5, 5.41) is 6.14. The van der Waals surface area contributed by atoms with Gasteiger partial charge < -0.3 is 15.4 Å². The van der Waals surface area contributed by atoms with Crippen LogP contribution in [0.15, 0.2) is 18.2 Å². The van der Waals surface area contributed by atoms with Crippen molar-refractivity contribution in [2.75, 3.05) is 18.4 Å². The lowest BCUT2D eigenvalue weighted by atomic mass is 9.84. The van der Waals surface area contributed by atoms with Crippen molar-refractivity contribution >= 4 is 24.0 Å². The van der Waals surface area contributed by atoms with Crippen molar-refractivity contribution in [3.8, 4) is 5.75 Å². The van der Waals surface area contributed by atoms with Gasteiger partial charge in [0.1, 0.15) is 11.6 Å². The number of hydrogen-bond donors (Lipinski definition) is 2. The van der Waals surface area contributed by atoms with Gasteiger partial charge in [-0.3, -0.25) is 4.79 Å². The summed E-state index contributed by atoms with van der Waals surface area (Å²) in [6.07, 6.45) is 2.62. The van der Waals surface area contributed by atoms with Gasteiger partial charge in [0.2, 0.25) is 5.91 Å². The first-order chi connectivity index (χ1) is 11.0. The van der Waals surface area contributed by atoms with E-state index >= 15 is 0 Å². The van der Waals surface area contributed by atoms with Crippen molar-refractivity contribution < 1.29 is 13.9 Å². The minimum atomic E-state index is -0.386. The van der Waals surface area contributed by atoms with Crippen molar-refractivity contribution in [2.24, 2.45) is 11.8 Å². The van der Waals surface area contributed by atoms with E-state index in [4.69, 9.17) is 4.74 Å². The van der Waals surface area contributed by atoms with Crippen molar-refractivity contribution in [1.82, 2.24) is 5.32 Å². The average molecular weight is 359 g/mol. The van der Waals surface area contributed by atoms with Crippen LogP contribution in [0.1, 0.15) is 40.0 Å². The van der Waals surface area contributed by atoms with E-state index in [9.17, 15) is 9.18 Å². The van der Waals surface area contributed by atoms with E-state index in [1.165, 1.54) is 12.1 Å². The van der Waals surface area contributed by atoms with Crippen LogP contribution in [0, 0.1) is 17.7 Å². The van der Waals surface area contributed by atoms with Gasteiger partial charge >= 0.3 is 0 Å². The number of carbonyl (C=O) groups is 1. The third kappa shape index (κ3) is 6.29. The van der Waals surface area contributed by atoms with Gasteiger partial charge in [0.05, 0.1) is 11.8 Å². The van der Waals surface area contributed by atoms with Gasteiger partial charge in [0, 0.05) is 12.5 Å². The van der Waals surface area contributed by atoms with Crippen LogP contribution < -0.4 is 15.4 Å². The molecule has 0 spiro atoms. The normalized spacial score (nSPS) is 16.4. The Balaban J connectivity index is 0.00000288. The molecule has 136 valence electrons. The van der Waals surface area contributed by atoms with E-state index in [1.807, 2.05) is 13.8 Å². The van der Waals surface area contributed by atoms with E-state index in [2.05, 4.69) is 17.6 Å². The van der Waals surface area contributed by atoms with Crippen LogP contribution in [0.2, 0.25) is 0 Å². The first kappa shape index (κ1) is 20.7. The van der Waals surface area contributed by atoms with Crippen LogP contribution in [0.3, 0.4) is 0 Å². The Labute approximate surface area is 149 Å². The zero-order chi connectivity index (χ0) is 16.8. The molecule has 0 saturated carbocycles. The number of rotatable bonds is 6. The average Bonchev–Trinajstić information content (AvgIpc) is 2.50. The highest BCUT2D eigenvalue weighted by Crippen LogP contribution is 2.28. The minimum absolute atomic E-state index is 0. The van der Waals surface area contributed by atoms with Crippen molar-refractivity contribution in [3.63, 3.8) is 0 Å². The maximum Gasteiger partial charge on any atom is 0.224 e. The van der Waals surface area contributed by atoms with E-state index in [0.29, 0.717) is 29.7 Å². The number of amides is 1. The number of anilines is 1. The van der Waals surface area contributed by atoms with Crippen LogP contribution >= 0.6 is 12.4 Å². The standard InChI is InChI=1S/C18H27FN2O2.ClH/c1-12(2)23-17-5-4-15(19)11-16(17)21-18(22)10-13(3)14-6-8-20-9-7-14;/h4-5,11-14,20H,6-10H2,1-3H3,(H,21,22);1H. The van der Waals surface area contributed by atoms with Gasteiger partial charge in [-0.15, -0.1) is 12.4 Å². The molecule has 1 unspecified atom stereocenters. The molecule has 2 N–H and O–H groups in total. The largest absolute Gasteiger partial charge is 0.489 e. The Bertz CT molecular complexity index is 534. The fraction of sp³-hybridized carbons (Fsp3) is 0.611.